The quantitative estimate of drug-likeness (QED) is 0.433. The minimum Gasteiger partial charge on any atom is -0.491 e. The number of anilines is 2. The van der Waals surface area contributed by atoms with Crippen LogP contribution in [0.25, 0.3) is 0 Å². The summed E-state index contributed by atoms with van der Waals surface area (Å²) in [6, 6.07) is 4.96. The van der Waals surface area contributed by atoms with E-state index in [0.29, 0.717) is 5.56 Å². The van der Waals surface area contributed by atoms with Crippen molar-refractivity contribution in [3.8, 4) is 5.75 Å². The fourth-order valence-corrected chi connectivity index (χ4v) is 3.27. The number of carboxylic acid groups (broad SMARTS) is 1. The van der Waals surface area contributed by atoms with Crippen LogP contribution in [0.15, 0.2) is 46.2 Å². The third kappa shape index (κ3) is 4.68. The number of carbonyl (C=O) groups is 2. The van der Waals surface area contributed by atoms with Gasteiger partial charge in [0.15, 0.2) is 5.75 Å². The molecule has 0 aliphatic heterocycles. The van der Waals surface area contributed by atoms with Crippen LogP contribution < -0.4 is 26.2 Å². The summed E-state index contributed by atoms with van der Waals surface area (Å²) in [6.07, 6.45) is 2.67. The number of aliphatic carboxylic acids is 1. The molecule has 1 atom stereocenters. The van der Waals surface area contributed by atoms with Crippen molar-refractivity contribution in [2.75, 3.05) is 17.7 Å². The molecule has 0 spiro atoms. The first-order chi connectivity index (χ1) is 14.7. The van der Waals surface area contributed by atoms with Gasteiger partial charge in [0.25, 0.3) is 16.8 Å². The predicted molar refractivity (Wildman–Crippen MR) is 115 cm³/mol. The molecule has 1 amide bonds. The molecular formula is C20H15Cl2N3O6. The molecule has 9 nitrogen and oxygen atoms in total. The van der Waals surface area contributed by atoms with Crippen molar-refractivity contribution >= 4 is 46.5 Å². The Morgan fingerprint density at radius 2 is 1.68 bits per heavy atom. The van der Waals surface area contributed by atoms with Gasteiger partial charge < -0.3 is 20.5 Å². The van der Waals surface area contributed by atoms with Gasteiger partial charge in [-0.1, -0.05) is 35.3 Å². The third-order valence-electron chi connectivity index (χ3n) is 4.44. The second-order valence-electron chi connectivity index (χ2n) is 6.43. The van der Waals surface area contributed by atoms with Crippen LogP contribution in [-0.4, -0.2) is 35.1 Å². The summed E-state index contributed by atoms with van der Waals surface area (Å²) >= 11 is 12.0. The summed E-state index contributed by atoms with van der Waals surface area (Å²) in [4.78, 5) is 50.9. The zero-order chi connectivity index (χ0) is 22.7. The van der Waals surface area contributed by atoms with Crippen molar-refractivity contribution in [2.24, 2.45) is 0 Å². The van der Waals surface area contributed by atoms with Gasteiger partial charge in [-0.2, -0.15) is 0 Å². The number of nitrogens with one attached hydrogen (secondary N) is 2. The van der Waals surface area contributed by atoms with Crippen LogP contribution in [0.3, 0.4) is 0 Å². The Morgan fingerprint density at radius 3 is 2.23 bits per heavy atom. The predicted octanol–water partition coefficient (Wildman–Crippen LogP) is 2.35. The average Bonchev–Trinajstić information content (AvgIpc) is 2.75. The van der Waals surface area contributed by atoms with Crippen molar-refractivity contribution in [1.82, 2.24) is 4.98 Å². The smallest absolute Gasteiger partial charge is 0.326 e. The van der Waals surface area contributed by atoms with E-state index in [0.717, 1.165) is 0 Å². The van der Waals surface area contributed by atoms with Crippen LogP contribution in [0.2, 0.25) is 10.0 Å². The lowest BCUT2D eigenvalue weighted by Gasteiger charge is -2.18. The maximum absolute atomic E-state index is 12.4. The van der Waals surface area contributed by atoms with Crippen molar-refractivity contribution in [3.63, 3.8) is 0 Å². The lowest BCUT2D eigenvalue weighted by Crippen LogP contribution is -2.41. The summed E-state index contributed by atoms with van der Waals surface area (Å²) in [7, 11) is 1.22. The van der Waals surface area contributed by atoms with E-state index in [9.17, 15) is 24.3 Å². The second kappa shape index (κ2) is 9.15. The van der Waals surface area contributed by atoms with E-state index < -0.39 is 28.8 Å². The Labute approximate surface area is 185 Å². The molecule has 3 aromatic rings. The van der Waals surface area contributed by atoms with E-state index in [1.54, 1.807) is 12.1 Å². The van der Waals surface area contributed by atoms with Gasteiger partial charge in [0, 0.05) is 24.4 Å². The number of halogens is 2. The maximum atomic E-state index is 12.4. The number of aromatic nitrogens is 1. The van der Waals surface area contributed by atoms with E-state index in [2.05, 4.69) is 15.6 Å². The maximum Gasteiger partial charge on any atom is 0.326 e. The number of methoxy groups -OCH3 is 1. The highest BCUT2D eigenvalue weighted by atomic mass is 35.5. The molecule has 0 fully saturated rings. The SMILES string of the molecule is COc1c(N[C@@H](Cc2ccc(C(=O)Nc3c(Cl)cncc3Cl)cc2)C(=O)O)c(=O)c1=O. The second-order valence-corrected chi connectivity index (χ2v) is 7.25. The highest BCUT2D eigenvalue weighted by Crippen LogP contribution is 2.29. The highest BCUT2D eigenvalue weighted by molar-refractivity contribution is 6.39. The van der Waals surface area contributed by atoms with Crippen molar-refractivity contribution < 1.29 is 19.4 Å². The van der Waals surface area contributed by atoms with Crippen LogP contribution in [-0.2, 0) is 11.2 Å². The number of hydrogen-bond acceptors (Lipinski definition) is 7. The summed E-state index contributed by atoms with van der Waals surface area (Å²) in [6.45, 7) is 0. The van der Waals surface area contributed by atoms with E-state index in [1.165, 1.54) is 31.6 Å². The van der Waals surface area contributed by atoms with E-state index in [1.807, 2.05) is 0 Å². The molecule has 0 saturated carbocycles. The zero-order valence-electron chi connectivity index (χ0n) is 15.9. The molecule has 11 heteroatoms. The van der Waals surface area contributed by atoms with Crippen LogP contribution in [0.1, 0.15) is 15.9 Å². The minimum absolute atomic E-state index is 0.0127. The third-order valence-corrected chi connectivity index (χ3v) is 5.01. The number of carbonyl (C=O) groups excluding carboxylic acids is 1. The Hall–Kier alpha value is -3.43. The van der Waals surface area contributed by atoms with Gasteiger partial charge >= 0.3 is 5.97 Å². The number of benzene rings is 1. The van der Waals surface area contributed by atoms with Crippen molar-refractivity contribution in [3.05, 3.63) is 78.3 Å². The first kappa shape index (κ1) is 22.3. The minimum atomic E-state index is -1.22. The van der Waals surface area contributed by atoms with Gasteiger partial charge in [-0.05, 0) is 17.7 Å². The molecule has 0 radical (unpaired) electrons. The first-order valence-corrected chi connectivity index (χ1v) is 9.54. The molecule has 0 unspecified atom stereocenters. The molecule has 0 saturated heterocycles. The number of hydrogen-bond donors (Lipinski definition) is 3. The van der Waals surface area contributed by atoms with E-state index in [-0.39, 0.29) is 39.2 Å². The normalized spacial score (nSPS) is 11.7. The van der Waals surface area contributed by atoms with Crippen LogP contribution in [0.5, 0.6) is 5.75 Å². The number of amides is 1. The van der Waals surface area contributed by atoms with Crippen molar-refractivity contribution in [2.45, 2.75) is 12.5 Å². The zero-order valence-corrected chi connectivity index (χ0v) is 17.5. The summed E-state index contributed by atoms with van der Waals surface area (Å²) in [5, 5.41) is 15.0. The van der Waals surface area contributed by atoms with Crippen LogP contribution in [0, 0.1) is 0 Å². The molecule has 1 aromatic heterocycles. The molecule has 2 aromatic carbocycles. The summed E-state index contributed by atoms with van der Waals surface area (Å²) in [5.41, 5.74) is -0.709. The summed E-state index contributed by atoms with van der Waals surface area (Å²) in [5.74, 6) is -1.89. The molecular weight excluding hydrogens is 449 g/mol. The fraction of sp³-hybridized carbons (Fsp3) is 0.150. The molecule has 3 rings (SSSR count). The Morgan fingerprint density at radius 1 is 1.06 bits per heavy atom. The van der Waals surface area contributed by atoms with Crippen LogP contribution >= 0.6 is 23.2 Å². The molecule has 0 bridgehead atoms. The summed E-state index contributed by atoms with van der Waals surface area (Å²) < 4.78 is 4.81. The molecule has 0 aliphatic carbocycles. The lowest BCUT2D eigenvalue weighted by molar-refractivity contribution is -0.137. The number of carboxylic acids is 1. The molecule has 160 valence electrons. The first-order valence-electron chi connectivity index (χ1n) is 8.78. The molecule has 1 heterocycles. The Bertz CT molecular complexity index is 1200. The van der Waals surface area contributed by atoms with E-state index in [4.69, 9.17) is 27.9 Å². The lowest BCUT2D eigenvalue weighted by atomic mass is 10.0. The number of ether oxygens (including phenoxy) is 1. The largest absolute Gasteiger partial charge is 0.491 e. The molecule has 3 N–H and O–H groups in total. The standard InChI is InChI=1S/C20H15Cl2N3O6/c1-31-18-15(16(26)17(18)27)24-13(20(29)30)6-9-2-4-10(5-3-9)19(28)25-14-11(21)7-23-8-12(14)22/h2-5,7-8,13,24H,6H2,1H3,(H,29,30)(H,23,25,28)/t13-/m0/s1. The molecule has 0 aliphatic rings. The number of pyridine rings is 1. The van der Waals surface area contributed by atoms with Crippen molar-refractivity contribution in [1.29, 1.82) is 0 Å². The van der Waals surface area contributed by atoms with Gasteiger partial charge in [-0.3, -0.25) is 19.4 Å². The molecule has 31 heavy (non-hydrogen) atoms. The van der Waals surface area contributed by atoms with Gasteiger partial charge in [-0.25, -0.2) is 4.79 Å². The average molecular weight is 464 g/mol. The number of nitrogens with zero attached hydrogens (tertiary/aromatic N) is 1. The Kier molecular flexibility index (Phi) is 6.57. The fourth-order valence-electron chi connectivity index (χ4n) is 2.82. The van der Waals surface area contributed by atoms with Gasteiger partial charge in [0.2, 0.25) is 0 Å². The van der Waals surface area contributed by atoms with Crippen LogP contribution in [0.4, 0.5) is 11.4 Å². The van der Waals surface area contributed by atoms with Gasteiger partial charge in [-0.15, -0.1) is 0 Å². The van der Waals surface area contributed by atoms with Gasteiger partial charge in [0.05, 0.1) is 22.8 Å². The topological polar surface area (TPSA) is 135 Å². The van der Waals surface area contributed by atoms with E-state index >= 15 is 0 Å². The monoisotopic (exact) mass is 463 g/mol. The number of rotatable bonds is 8. The Balaban J connectivity index is 1.72. The highest BCUT2D eigenvalue weighted by Gasteiger charge is 2.27. The van der Waals surface area contributed by atoms with Gasteiger partial charge in [0.1, 0.15) is 11.7 Å².